The Morgan fingerprint density at radius 3 is 2.48 bits per heavy atom. The molecule has 0 aromatic heterocycles. The van der Waals surface area contributed by atoms with E-state index in [1.54, 1.807) is 0 Å². The highest BCUT2D eigenvalue weighted by Crippen LogP contribution is 2.22. The first-order valence-corrected chi connectivity index (χ1v) is 10.9. The minimum atomic E-state index is 0.147. The second kappa shape index (κ2) is 10.1. The molecule has 150 valence electrons. The number of nitrogens with zero attached hydrogens (tertiary/aromatic N) is 2. The van der Waals surface area contributed by atoms with Gasteiger partial charge in [0.1, 0.15) is 5.75 Å². The average molecular weight is 373 g/mol. The van der Waals surface area contributed by atoms with Gasteiger partial charge in [-0.3, -0.25) is 4.79 Å². The van der Waals surface area contributed by atoms with Crippen molar-refractivity contribution in [1.82, 2.24) is 9.80 Å². The number of piperidine rings is 1. The summed E-state index contributed by atoms with van der Waals surface area (Å²) in [7, 11) is 0. The molecule has 2 aliphatic rings. The van der Waals surface area contributed by atoms with E-state index in [0.717, 1.165) is 38.1 Å². The maximum absolute atomic E-state index is 12.8. The molecule has 4 heteroatoms. The highest BCUT2D eigenvalue weighted by Gasteiger charge is 2.27. The number of ether oxygens (including phenoxy) is 1. The molecule has 1 atom stereocenters. The number of carbonyl (C=O) groups excluding carboxylic acids is 1. The van der Waals surface area contributed by atoms with Gasteiger partial charge in [-0.25, -0.2) is 0 Å². The molecule has 0 saturated carbocycles. The molecule has 1 amide bonds. The summed E-state index contributed by atoms with van der Waals surface area (Å²) >= 11 is 0. The van der Waals surface area contributed by atoms with Crippen molar-refractivity contribution in [3.63, 3.8) is 0 Å². The predicted octanol–water partition coefficient (Wildman–Crippen LogP) is 4.33. The van der Waals surface area contributed by atoms with Crippen LogP contribution in [0, 0.1) is 13.8 Å². The number of likely N-dealkylation sites (tertiary alicyclic amines) is 2. The largest absolute Gasteiger partial charge is 0.484 e. The fourth-order valence-corrected chi connectivity index (χ4v) is 4.35. The quantitative estimate of drug-likeness (QED) is 0.745. The molecule has 0 aliphatic carbocycles. The maximum atomic E-state index is 12.8. The molecule has 27 heavy (non-hydrogen) atoms. The van der Waals surface area contributed by atoms with Gasteiger partial charge >= 0.3 is 0 Å². The van der Waals surface area contributed by atoms with Gasteiger partial charge in [0.25, 0.3) is 5.91 Å². The van der Waals surface area contributed by atoms with Crippen LogP contribution >= 0.6 is 0 Å². The third-order valence-corrected chi connectivity index (χ3v) is 6.27. The molecular formula is C23H36N2O2. The molecule has 2 fully saturated rings. The number of hydrogen-bond acceptors (Lipinski definition) is 3. The van der Waals surface area contributed by atoms with E-state index in [1.165, 1.54) is 56.3 Å². The lowest BCUT2D eigenvalue weighted by Gasteiger charge is -2.37. The molecule has 2 saturated heterocycles. The molecule has 0 N–H and O–H groups in total. The van der Waals surface area contributed by atoms with Crippen molar-refractivity contribution in [1.29, 1.82) is 0 Å². The molecule has 2 aliphatic heterocycles. The fourth-order valence-electron chi connectivity index (χ4n) is 4.35. The lowest BCUT2D eigenvalue weighted by molar-refractivity contribution is -0.137. The summed E-state index contributed by atoms with van der Waals surface area (Å²) in [6, 6.07) is 6.43. The summed E-state index contributed by atoms with van der Waals surface area (Å²) < 4.78 is 5.81. The van der Waals surface area contributed by atoms with Crippen LogP contribution in [0.25, 0.3) is 0 Å². The maximum Gasteiger partial charge on any atom is 0.260 e. The summed E-state index contributed by atoms with van der Waals surface area (Å²) in [6.07, 6.45) is 10.0. The van der Waals surface area contributed by atoms with E-state index in [9.17, 15) is 4.79 Å². The van der Waals surface area contributed by atoms with Crippen molar-refractivity contribution in [2.45, 2.75) is 71.3 Å². The SMILES string of the molecule is Cc1ccc(OCC(=O)N2CCCCC2CCN2CCCCCC2)cc1C. The molecule has 3 rings (SSSR count). The molecule has 0 bridgehead atoms. The minimum absolute atomic E-state index is 0.147. The monoisotopic (exact) mass is 372 g/mol. The number of benzene rings is 1. The van der Waals surface area contributed by atoms with Crippen molar-refractivity contribution in [3.8, 4) is 5.75 Å². The van der Waals surface area contributed by atoms with E-state index in [0.29, 0.717) is 6.04 Å². The summed E-state index contributed by atoms with van der Waals surface area (Å²) in [5.74, 6) is 0.943. The Morgan fingerprint density at radius 1 is 1.00 bits per heavy atom. The summed E-state index contributed by atoms with van der Waals surface area (Å²) in [5, 5.41) is 0. The van der Waals surface area contributed by atoms with E-state index in [2.05, 4.69) is 29.7 Å². The molecule has 1 aromatic carbocycles. The standard InChI is InChI=1S/C23H36N2O2/c1-19-10-11-22(17-20(19)2)27-18-23(26)25-15-8-5-9-21(25)12-16-24-13-6-3-4-7-14-24/h10-11,17,21H,3-9,12-16,18H2,1-2H3. The van der Waals surface area contributed by atoms with Crippen LogP contribution in [-0.2, 0) is 4.79 Å². The summed E-state index contributed by atoms with van der Waals surface area (Å²) in [5.41, 5.74) is 2.45. The van der Waals surface area contributed by atoms with Crippen LogP contribution in [0.15, 0.2) is 18.2 Å². The highest BCUT2D eigenvalue weighted by atomic mass is 16.5. The van der Waals surface area contributed by atoms with E-state index < -0.39 is 0 Å². The Morgan fingerprint density at radius 2 is 1.74 bits per heavy atom. The number of hydrogen-bond donors (Lipinski definition) is 0. The Balaban J connectivity index is 1.50. The first kappa shape index (κ1) is 20.2. The summed E-state index contributed by atoms with van der Waals surface area (Å²) in [4.78, 5) is 17.5. The van der Waals surface area contributed by atoms with Crippen molar-refractivity contribution in [2.24, 2.45) is 0 Å². The van der Waals surface area contributed by atoms with Crippen LogP contribution in [0.3, 0.4) is 0 Å². The number of rotatable bonds is 6. The Labute approximate surface area is 164 Å². The number of amides is 1. The van der Waals surface area contributed by atoms with Gasteiger partial charge in [0.15, 0.2) is 6.61 Å². The van der Waals surface area contributed by atoms with E-state index in [-0.39, 0.29) is 12.5 Å². The van der Waals surface area contributed by atoms with Gasteiger partial charge in [-0.1, -0.05) is 18.9 Å². The first-order chi connectivity index (χ1) is 13.1. The highest BCUT2D eigenvalue weighted by molar-refractivity contribution is 5.78. The van der Waals surface area contributed by atoms with E-state index in [1.807, 2.05) is 12.1 Å². The topological polar surface area (TPSA) is 32.8 Å². The molecule has 0 spiro atoms. The van der Waals surface area contributed by atoms with Crippen molar-refractivity contribution < 1.29 is 9.53 Å². The molecular weight excluding hydrogens is 336 g/mol. The lowest BCUT2D eigenvalue weighted by Crippen LogP contribution is -2.47. The zero-order valence-electron chi connectivity index (χ0n) is 17.2. The van der Waals surface area contributed by atoms with Crippen LogP contribution in [0.4, 0.5) is 0 Å². The number of aryl methyl sites for hydroxylation is 2. The third-order valence-electron chi connectivity index (χ3n) is 6.27. The Kier molecular flexibility index (Phi) is 7.57. The fraction of sp³-hybridized carbons (Fsp3) is 0.696. The zero-order chi connectivity index (χ0) is 19.1. The second-order valence-corrected chi connectivity index (χ2v) is 8.32. The predicted molar refractivity (Wildman–Crippen MR) is 110 cm³/mol. The Bertz CT molecular complexity index is 608. The van der Waals surface area contributed by atoms with Crippen LogP contribution in [-0.4, -0.2) is 54.5 Å². The average Bonchev–Trinajstić information content (AvgIpc) is 2.96. The van der Waals surface area contributed by atoms with E-state index >= 15 is 0 Å². The van der Waals surface area contributed by atoms with Gasteiger partial charge in [0.2, 0.25) is 0 Å². The van der Waals surface area contributed by atoms with Gasteiger partial charge in [0, 0.05) is 19.1 Å². The van der Waals surface area contributed by atoms with Crippen LogP contribution < -0.4 is 4.74 Å². The van der Waals surface area contributed by atoms with Crippen LogP contribution in [0.5, 0.6) is 5.75 Å². The minimum Gasteiger partial charge on any atom is -0.484 e. The second-order valence-electron chi connectivity index (χ2n) is 8.32. The molecule has 0 radical (unpaired) electrons. The number of carbonyl (C=O) groups is 1. The van der Waals surface area contributed by atoms with Gasteiger partial charge in [-0.15, -0.1) is 0 Å². The van der Waals surface area contributed by atoms with Crippen molar-refractivity contribution in [3.05, 3.63) is 29.3 Å². The third kappa shape index (κ3) is 5.97. The zero-order valence-corrected chi connectivity index (χ0v) is 17.2. The van der Waals surface area contributed by atoms with Crippen LogP contribution in [0.2, 0.25) is 0 Å². The Hall–Kier alpha value is -1.55. The molecule has 4 nitrogen and oxygen atoms in total. The molecule has 1 aromatic rings. The lowest BCUT2D eigenvalue weighted by atomic mass is 9.99. The van der Waals surface area contributed by atoms with Gasteiger partial charge in [-0.05, 0) is 88.7 Å². The van der Waals surface area contributed by atoms with Crippen molar-refractivity contribution in [2.75, 3.05) is 32.8 Å². The van der Waals surface area contributed by atoms with Gasteiger partial charge in [-0.2, -0.15) is 0 Å². The normalized spacial score (nSPS) is 21.7. The van der Waals surface area contributed by atoms with Crippen molar-refractivity contribution >= 4 is 5.91 Å². The van der Waals surface area contributed by atoms with E-state index in [4.69, 9.17) is 4.74 Å². The van der Waals surface area contributed by atoms with Gasteiger partial charge < -0.3 is 14.5 Å². The van der Waals surface area contributed by atoms with Gasteiger partial charge in [0.05, 0.1) is 0 Å². The molecule has 1 unspecified atom stereocenters. The molecule has 2 heterocycles. The van der Waals surface area contributed by atoms with Crippen LogP contribution in [0.1, 0.15) is 62.5 Å². The first-order valence-electron chi connectivity index (χ1n) is 10.9. The summed E-state index contributed by atoms with van der Waals surface area (Å²) in [6.45, 7) is 8.81. The smallest absolute Gasteiger partial charge is 0.260 e.